The Bertz CT molecular complexity index is 837. The van der Waals surface area contributed by atoms with Crippen LogP contribution in [0.3, 0.4) is 0 Å². The van der Waals surface area contributed by atoms with Crippen molar-refractivity contribution in [2.75, 3.05) is 13.2 Å². The minimum Gasteiger partial charge on any atom is -0.374 e. The lowest BCUT2D eigenvalue weighted by Gasteiger charge is -2.13. The molecule has 0 saturated carbocycles. The van der Waals surface area contributed by atoms with Gasteiger partial charge in [0.1, 0.15) is 5.01 Å². The predicted octanol–water partition coefficient (Wildman–Crippen LogP) is 4.03. The molecule has 0 radical (unpaired) electrons. The summed E-state index contributed by atoms with van der Waals surface area (Å²) in [6.07, 6.45) is 2.86. The Labute approximate surface area is 163 Å². The molecule has 2 heterocycles. The van der Waals surface area contributed by atoms with E-state index in [1.54, 1.807) is 6.20 Å². The van der Waals surface area contributed by atoms with E-state index < -0.39 is 0 Å². The van der Waals surface area contributed by atoms with Crippen molar-refractivity contribution in [3.8, 4) is 10.7 Å². The van der Waals surface area contributed by atoms with Crippen molar-refractivity contribution in [3.63, 3.8) is 0 Å². The smallest absolute Gasteiger partial charge is 0.226 e. The van der Waals surface area contributed by atoms with Crippen LogP contribution in [0.4, 0.5) is 0 Å². The van der Waals surface area contributed by atoms with Crippen molar-refractivity contribution in [1.82, 2.24) is 15.3 Å². The van der Waals surface area contributed by atoms with E-state index in [2.05, 4.69) is 27.4 Å². The second-order valence-electron chi connectivity index (χ2n) is 6.16. The monoisotopic (exact) mass is 381 g/mol. The van der Waals surface area contributed by atoms with Crippen molar-refractivity contribution in [2.24, 2.45) is 0 Å². The molecule has 0 bridgehead atoms. The van der Waals surface area contributed by atoms with Gasteiger partial charge in [-0.2, -0.15) is 0 Å². The fourth-order valence-electron chi connectivity index (χ4n) is 2.60. The maximum atomic E-state index is 12.1. The highest BCUT2D eigenvalue weighted by molar-refractivity contribution is 7.13. The number of hydrogen-bond donors (Lipinski definition) is 1. The second-order valence-corrected chi connectivity index (χ2v) is 7.02. The first-order chi connectivity index (χ1) is 13.2. The van der Waals surface area contributed by atoms with Gasteiger partial charge < -0.3 is 10.1 Å². The molecule has 0 saturated heterocycles. The van der Waals surface area contributed by atoms with E-state index in [0.29, 0.717) is 13.2 Å². The van der Waals surface area contributed by atoms with Gasteiger partial charge >= 0.3 is 0 Å². The maximum absolute atomic E-state index is 12.1. The van der Waals surface area contributed by atoms with Gasteiger partial charge in [0.05, 0.1) is 23.9 Å². The number of benzene rings is 1. The molecule has 1 N–H and O–H groups in total. The molecule has 1 unspecified atom stereocenters. The number of nitrogens with zero attached hydrogens (tertiary/aromatic N) is 2. The van der Waals surface area contributed by atoms with Gasteiger partial charge in [0.25, 0.3) is 0 Å². The lowest BCUT2D eigenvalue weighted by molar-refractivity contribution is -0.120. The van der Waals surface area contributed by atoms with Crippen LogP contribution < -0.4 is 5.32 Å². The van der Waals surface area contributed by atoms with Crippen LogP contribution in [0.15, 0.2) is 60.1 Å². The van der Waals surface area contributed by atoms with E-state index in [9.17, 15) is 4.79 Å². The normalized spacial score (nSPS) is 11.9. The molecule has 140 valence electrons. The molecule has 0 aliphatic carbocycles. The molecular formula is C21H23N3O2S. The fraction of sp³-hybridized carbons (Fsp3) is 0.286. The molecule has 27 heavy (non-hydrogen) atoms. The third-order valence-electron chi connectivity index (χ3n) is 4.06. The van der Waals surface area contributed by atoms with Crippen LogP contribution in [0.25, 0.3) is 10.7 Å². The Morgan fingerprint density at radius 1 is 1.19 bits per heavy atom. The van der Waals surface area contributed by atoms with Crippen LogP contribution in [0.2, 0.25) is 0 Å². The maximum Gasteiger partial charge on any atom is 0.226 e. The summed E-state index contributed by atoms with van der Waals surface area (Å²) in [5, 5.41) is 5.67. The van der Waals surface area contributed by atoms with Crippen LogP contribution in [0.1, 0.15) is 30.7 Å². The number of rotatable bonds is 9. The van der Waals surface area contributed by atoms with Crippen molar-refractivity contribution >= 4 is 17.2 Å². The molecule has 0 aliphatic rings. The number of amides is 1. The Balaban J connectivity index is 1.35. The third-order valence-corrected chi connectivity index (χ3v) is 4.97. The lowest BCUT2D eigenvalue weighted by Crippen LogP contribution is -2.27. The number of carbonyl (C=O) groups excluding carboxylic acids is 1. The molecule has 1 amide bonds. The second kappa shape index (κ2) is 9.94. The Morgan fingerprint density at radius 2 is 2.00 bits per heavy atom. The highest BCUT2D eigenvalue weighted by Gasteiger charge is 2.09. The molecular weight excluding hydrogens is 358 g/mol. The number of aromatic nitrogens is 2. The number of pyridine rings is 1. The summed E-state index contributed by atoms with van der Waals surface area (Å²) >= 11 is 1.50. The molecule has 3 rings (SSSR count). The first-order valence-corrected chi connectivity index (χ1v) is 9.89. The standard InChI is InChI=1S/C21H23N3O2S/c1-16(17-8-3-2-4-9-17)26-13-7-12-23-20(25)14-18-15-27-21(24-18)19-10-5-6-11-22-19/h2-6,8-11,15-16H,7,12-14H2,1H3,(H,23,25). The van der Waals surface area contributed by atoms with E-state index >= 15 is 0 Å². The number of thiazole rings is 1. The molecule has 2 aromatic heterocycles. The first-order valence-electron chi connectivity index (χ1n) is 9.01. The lowest BCUT2D eigenvalue weighted by atomic mass is 10.1. The van der Waals surface area contributed by atoms with Crippen LogP contribution in [0.5, 0.6) is 0 Å². The summed E-state index contributed by atoms with van der Waals surface area (Å²) in [6, 6.07) is 15.8. The molecule has 5 nitrogen and oxygen atoms in total. The van der Waals surface area contributed by atoms with Gasteiger partial charge in [-0.15, -0.1) is 11.3 Å². The molecule has 6 heteroatoms. The van der Waals surface area contributed by atoms with E-state index in [1.165, 1.54) is 11.3 Å². The van der Waals surface area contributed by atoms with Crippen molar-refractivity contribution in [2.45, 2.75) is 25.9 Å². The van der Waals surface area contributed by atoms with Gasteiger partial charge in [-0.1, -0.05) is 36.4 Å². The van der Waals surface area contributed by atoms with Crippen LogP contribution >= 0.6 is 11.3 Å². The van der Waals surface area contributed by atoms with Crippen LogP contribution in [0, 0.1) is 0 Å². The summed E-state index contributed by atoms with van der Waals surface area (Å²) in [5.41, 5.74) is 2.76. The van der Waals surface area contributed by atoms with Gasteiger partial charge in [0.2, 0.25) is 5.91 Å². The molecule has 3 aromatic rings. The molecule has 1 aromatic carbocycles. The van der Waals surface area contributed by atoms with Crippen molar-refractivity contribution in [3.05, 3.63) is 71.4 Å². The Morgan fingerprint density at radius 3 is 2.78 bits per heavy atom. The highest BCUT2D eigenvalue weighted by Crippen LogP contribution is 2.21. The van der Waals surface area contributed by atoms with E-state index in [1.807, 2.05) is 48.7 Å². The zero-order valence-electron chi connectivity index (χ0n) is 15.3. The van der Waals surface area contributed by atoms with Crippen LogP contribution in [-0.4, -0.2) is 29.0 Å². The van der Waals surface area contributed by atoms with Gasteiger partial charge in [0.15, 0.2) is 0 Å². The number of hydrogen-bond acceptors (Lipinski definition) is 5. The largest absolute Gasteiger partial charge is 0.374 e. The average Bonchev–Trinajstić information content (AvgIpc) is 3.17. The van der Waals surface area contributed by atoms with E-state index in [0.717, 1.165) is 28.4 Å². The van der Waals surface area contributed by atoms with Crippen molar-refractivity contribution < 1.29 is 9.53 Å². The number of ether oxygens (including phenoxy) is 1. The molecule has 0 spiro atoms. The van der Waals surface area contributed by atoms with Gasteiger partial charge in [-0.3, -0.25) is 9.78 Å². The summed E-state index contributed by atoms with van der Waals surface area (Å²) < 4.78 is 5.81. The van der Waals surface area contributed by atoms with Gasteiger partial charge in [-0.25, -0.2) is 4.98 Å². The predicted molar refractivity (Wildman–Crippen MR) is 107 cm³/mol. The highest BCUT2D eigenvalue weighted by atomic mass is 32.1. The minimum absolute atomic E-state index is 0.0241. The van der Waals surface area contributed by atoms with Crippen LogP contribution in [-0.2, 0) is 16.0 Å². The SMILES string of the molecule is CC(OCCCNC(=O)Cc1csc(-c2ccccn2)n1)c1ccccc1. The van der Waals surface area contributed by atoms with Crippen molar-refractivity contribution in [1.29, 1.82) is 0 Å². The zero-order chi connectivity index (χ0) is 18.9. The number of carbonyl (C=O) groups is 1. The Hall–Kier alpha value is -2.57. The fourth-order valence-corrected chi connectivity index (χ4v) is 3.40. The topological polar surface area (TPSA) is 64.1 Å². The molecule has 1 atom stereocenters. The zero-order valence-corrected chi connectivity index (χ0v) is 16.1. The summed E-state index contributed by atoms with van der Waals surface area (Å²) in [7, 11) is 0. The number of nitrogens with one attached hydrogen (secondary N) is 1. The summed E-state index contributed by atoms with van der Waals surface area (Å²) in [6.45, 7) is 3.24. The summed E-state index contributed by atoms with van der Waals surface area (Å²) in [5.74, 6) is -0.0241. The summed E-state index contributed by atoms with van der Waals surface area (Å²) in [4.78, 5) is 20.8. The third kappa shape index (κ3) is 5.98. The quantitative estimate of drug-likeness (QED) is 0.568. The minimum atomic E-state index is -0.0241. The molecule has 0 fully saturated rings. The molecule has 0 aliphatic heterocycles. The van der Waals surface area contributed by atoms with Gasteiger partial charge in [0, 0.05) is 24.7 Å². The van der Waals surface area contributed by atoms with Gasteiger partial charge in [-0.05, 0) is 31.0 Å². The van der Waals surface area contributed by atoms with E-state index in [-0.39, 0.29) is 18.4 Å². The first kappa shape index (κ1) is 19.2. The average molecular weight is 382 g/mol. The Kier molecular flexibility index (Phi) is 7.07. The van der Waals surface area contributed by atoms with E-state index in [4.69, 9.17) is 4.74 Å².